The normalized spacial score (nSPS) is 8.43. The number of phosphoric acid groups is 1. The Hall–Kier alpha value is 0.546. The van der Waals surface area contributed by atoms with Gasteiger partial charge in [0.1, 0.15) is 0 Å². The SMILES string of the molecule is O=P([O-])([O-])[O-].[Co+4].[F-]. The maximum absolute atomic E-state index is 8.55. The zero-order valence-corrected chi connectivity index (χ0v) is 4.73. The third-order valence-corrected chi connectivity index (χ3v) is 0. The molecule has 0 heterocycles. The van der Waals surface area contributed by atoms with Crippen LogP contribution in [-0.4, -0.2) is 0 Å². The summed E-state index contributed by atoms with van der Waals surface area (Å²) in [7, 11) is -5.39. The number of hydrogen-bond acceptors (Lipinski definition) is 4. The molecule has 7 heteroatoms. The van der Waals surface area contributed by atoms with Crippen LogP contribution in [0.5, 0.6) is 0 Å². The van der Waals surface area contributed by atoms with Crippen LogP contribution in [0.15, 0.2) is 0 Å². The van der Waals surface area contributed by atoms with E-state index in [1.165, 1.54) is 0 Å². The molecule has 7 heavy (non-hydrogen) atoms. The predicted molar refractivity (Wildman–Crippen MR) is 7.61 cm³/mol. The summed E-state index contributed by atoms with van der Waals surface area (Å²) in [5, 5.41) is 0. The summed E-state index contributed by atoms with van der Waals surface area (Å²) in [4.78, 5) is 25.6. The Kier molecular flexibility index (Phi) is 10.5. The van der Waals surface area contributed by atoms with Crippen molar-refractivity contribution < 1.29 is 40.7 Å². The van der Waals surface area contributed by atoms with Crippen LogP contribution in [-0.2, 0) is 21.3 Å². The first-order chi connectivity index (χ1) is 2.00. The molecule has 0 saturated carbocycles. The topological polar surface area (TPSA) is 86.2 Å². The van der Waals surface area contributed by atoms with Crippen molar-refractivity contribution in [3.05, 3.63) is 0 Å². The maximum Gasteiger partial charge on any atom is 4.00 e. The Balaban J connectivity index is -0.0000000800. The van der Waals surface area contributed by atoms with Gasteiger partial charge in [-0.1, -0.05) is 0 Å². The van der Waals surface area contributed by atoms with Gasteiger partial charge in [0.25, 0.3) is 0 Å². The summed E-state index contributed by atoms with van der Waals surface area (Å²) in [5.41, 5.74) is 0. The van der Waals surface area contributed by atoms with Crippen molar-refractivity contribution in [1.29, 1.82) is 0 Å². The molecule has 0 fully saturated rings. The van der Waals surface area contributed by atoms with Gasteiger partial charge in [-0.2, -0.15) is 7.82 Å². The predicted octanol–water partition coefficient (Wildman–Crippen LogP) is -5.82. The summed E-state index contributed by atoms with van der Waals surface area (Å²) in [6.07, 6.45) is 0. The fraction of sp³-hybridized carbons (Fsp3) is 0. The van der Waals surface area contributed by atoms with Crippen LogP contribution in [0.4, 0.5) is 0 Å². The van der Waals surface area contributed by atoms with Gasteiger partial charge in [-0.05, 0) is 0 Å². The van der Waals surface area contributed by atoms with Crippen molar-refractivity contribution in [3.8, 4) is 0 Å². The summed E-state index contributed by atoms with van der Waals surface area (Å²) < 4.78 is 8.55. The molecule has 0 unspecified atom stereocenters. The van der Waals surface area contributed by atoms with Gasteiger partial charge in [-0.15, -0.1) is 0 Å². The molecule has 0 rings (SSSR count). The molecule has 0 spiro atoms. The summed E-state index contributed by atoms with van der Waals surface area (Å²) in [5.74, 6) is 0. The van der Waals surface area contributed by atoms with Crippen molar-refractivity contribution in [1.82, 2.24) is 0 Å². The average molecular weight is 173 g/mol. The van der Waals surface area contributed by atoms with E-state index in [1.54, 1.807) is 0 Å². The third-order valence-electron chi connectivity index (χ3n) is 0. The molecule has 0 N–H and O–H groups in total. The van der Waals surface area contributed by atoms with E-state index < -0.39 is 7.82 Å². The van der Waals surface area contributed by atoms with E-state index in [9.17, 15) is 0 Å². The van der Waals surface area contributed by atoms with Crippen molar-refractivity contribution >= 4 is 7.82 Å². The Morgan fingerprint density at radius 3 is 1.14 bits per heavy atom. The fourth-order valence-electron chi connectivity index (χ4n) is 0. The molecule has 0 aromatic carbocycles. The summed E-state index contributed by atoms with van der Waals surface area (Å²) >= 11 is 0. The third kappa shape index (κ3) is 453. The minimum atomic E-state index is -5.39. The average Bonchev–Trinajstić information content (AvgIpc) is 0.722. The molecule has 0 amide bonds. The summed E-state index contributed by atoms with van der Waals surface area (Å²) in [6.45, 7) is 0. The molecular weight excluding hydrogens is 173 g/mol. The molecule has 0 bridgehead atoms. The minimum Gasteiger partial charge on any atom is -1.00 e. The van der Waals surface area contributed by atoms with E-state index in [2.05, 4.69) is 0 Å². The maximum atomic E-state index is 8.55. The molecule has 4 nitrogen and oxygen atoms in total. The molecule has 0 aliphatic rings. The van der Waals surface area contributed by atoms with Crippen LogP contribution in [0.25, 0.3) is 0 Å². The Morgan fingerprint density at radius 1 is 1.14 bits per heavy atom. The van der Waals surface area contributed by atoms with Gasteiger partial charge in [0.05, 0.1) is 0 Å². The second-order valence-electron chi connectivity index (χ2n) is 0.447. The van der Waals surface area contributed by atoms with Crippen LogP contribution in [0.2, 0.25) is 0 Å². The molecule has 0 atom stereocenters. The van der Waals surface area contributed by atoms with Gasteiger partial charge in [0.15, 0.2) is 0 Å². The Morgan fingerprint density at radius 2 is 1.14 bits per heavy atom. The van der Waals surface area contributed by atoms with Crippen LogP contribution in [0, 0.1) is 0 Å². The van der Waals surface area contributed by atoms with Crippen LogP contribution < -0.4 is 19.4 Å². The molecule has 1 radical (unpaired) electrons. The molecule has 0 aliphatic carbocycles. The minimum absolute atomic E-state index is 0. The van der Waals surface area contributed by atoms with Crippen LogP contribution >= 0.6 is 7.82 Å². The van der Waals surface area contributed by atoms with Crippen molar-refractivity contribution in [2.24, 2.45) is 0 Å². The van der Waals surface area contributed by atoms with Crippen molar-refractivity contribution in [3.63, 3.8) is 0 Å². The van der Waals surface area contributed by atoms with E-state index in [0.29, 0.717) is 0 Å². The Labute approximate surface area is 49.4 Å². The quantitative estimate of drug-likeness (QED) is 0.341. The molecular formula is CoFO4P. The van der Waals surface area contributed by atoms with E-state index in [1.807, 2.05) is 0 Å². The van der Waals surface area contributed by atoms with E-state index in [4.69, 9.17) is 19.2 Å². The van der Waals surface area contributed by atoms with Crippen molar-refractivity contribution in [2.45, 2.75) is 0 Å². The van der Waals surface area contributed by atoms with E-state index >= 15 is 0 Å². The number of hydrogen-bond donors (Lipinski definition) is 0. The van der Waals surface area contributed by atoms with Gasteiger partial charge in [-0.25, -0.2) is 0 Å². The number of rotatable bonds is 0. The molecule has 0 aromatic rings. The Bertz CT molecular complexity index is 57.8. The molecule has 0 aliphatic heterocycles. The van der Waals surface area contributed by atoms with Gasteiger partial charge >= 0.3 is 16.8 Å². The molecule has 0 aromatic heterocycles. The zero-order chi connectivity index (χ0) is 4.50. The van der Waals surface area contributed by atoms with Crippen LogP contribution in [0.1, 0.15) is 0 Å². The molecule has 45 valence electrons. The van der Waals surface area contributed by atoms with Crippen LogP contribution in [0.3, 0.4) is 0 Å². The first-order valence-corrected chi connectivity index (χ1v) is 2.19. The van der Waals surface area contributed by atoms with E-state index in [-0.39, 0.29) is 21.5 Å². The second kappa shape index (κ2) is 4.70. The zero-order valence-electron chi connectivity index (χ0n) is 2.79. The molecule has 0 saturated heterocycles. The standard InChI is InChI=1S/Co.FH.H3O4P/c;;1-5(2,3)4/h;1H;(H3,1,2,3,4)/q+4;;/p-4. The van der Waals surface area contributed by atoms with Gasteiger partial charge in [0, 0.05) is 0 Å². The summed E-state index contributed by atoms with van der Waals surface area (Å²) in [6, 6.07) is 0. The smallest absolute Gasteiger partial charge is 1.00 e. The first kappa shape index (κ1) is 15.6. The van der Waals surface area contributed by atoms with Gasteiger partial charge in [-0.3, -0.25) is 0 Å². The number of halogens is 1. The first-order valence-electron chi connectivity index (χ1n) is 0.730. The second-order valence-corrected chi connectivity index (χ2v) is 1.34. The monoisotopic (exact) mass is 173 g/mol. The van der Waals surface area contributed by atoms with Gasteiger partial charge in [0.2, 0.25) is 0 Å². The van der Waals surface area contributed by atoms with Gasteiger partial charge < -0.3 is 23.9 Å². The fourth-order valence-corrected chi connectivity index (χ4v) is 0. The largest absolute Gasteiger partial charge is 4.00 e. The van der Waals surface area contributed by atoms with Crippen molar-refractivity contribution in [2.75, 3.05) is 0 Å². The van der Waals surface area contributed by atoms with E-state index in [0.717, 1.165) is 0 Å².